The van der Waals surface area contributed by atoms with Gasteiger partial charge in [-0.1, -0.05) is 30.3 Å². The molecule has 2 heterocycles. The molecule has 5 heteroatoms. The minimum atomic E-state index is -0.168. The third-order valence-corrected chi connectivity index (χ3v) is 7.15. The molecule has 31 heavy (non-hydrogen) atoms. The molecule has 1 aliphatic carbocycles. The number of rotatable bonds is 6. The molecule has 0 radical (unpaired) electrons. The first-order chi connectivity index (χ1) is 15.2. The van der Waals surface area contributed by atoms with E-state index in [4.69, 9.17) is 9.47 Å². The van der Waals surface area contributed by atoms with Crippen LogP contribution in [0, 0.1) is 5.82 Å². The highest BCUT2D eigenvalue weighted by molar-refractivity contribution is 5.45. The molecule has 2 aromatic carbocycles. The van der Waals surface area contributed by atoms with Crippen molar-refractivity contribution in [1.82, 2.24) is 9.80 Å². The Hall–Kier alpha value is -1.79. The Morgan fingerprint density at radius 1 is 1.00 bits per heavy atom. The van der Waals surface area contributed by atoms with E-state index in [0.717, 1.165) is 70.9 Å². The van der Waals surface area contributed by atoms with Crippen molar-refractivity contribution < 1.29 is 13.9 Å². The van der Waals surface area contributed by atoms with Crippen molar-refractivity contribution in [1.29, 1.82) is 0 Å². The highest BCUT2D eigenvalue weighted by Crippen LogP contribution is 2.49. The molecule has 2 fully saturated rings. The highest BCUT2D eigenvalue weighted by atomic mass is 19.1. The number of hydrogen-bond donors (Lipinski definition) is 0. The van der Waals surface area contributed by atoms with E-state index in [-0.39, 0.29) is 18.0 Å². The fourth-order valence-corrected chi connectivity index (χ4v) is 5.54. The Morgan fingerprint density at radius 2 is 1.77 bits per heavy atom. The number of benzene rings is 2. The molecule has 5 rings (SSSR count). The van der Waals surface area contributed by atoms with Crippen LogP contribution < -0.4 is 0 Å². The molecule has 3 unspecified atom stereocenters. The fraction of sp³-hybridized carbons (Fsp3) is 0.538. The Kier molecular flexibility index (Phi) is 6.37. The van der Waals surface area contributed by atoms with Crippen LogP contribution in [0.5, 0.6) is 0 Å². The Bertz CT molecular complexity index is 897. The van der Waals surface area contributed by atoms with E-state index in [1.807, 2.05) is 13.0 Å². The molecule has 2 aliphatic heterocycles. The molecule has 0 saturated carbocycles. The predicted molar refractivity (Wildman–Crippen MR) is 120 cm³/mol. The number of fused-ring (bicyclic) bond motifs is 5. The summed E-state index contributed by atoms with van der Waals surface area (Å²) in [5.41, 5.74) is 4.98. The SMILES string of the molecule is CCOCCN1CCN(CC2CC3c4ccccc4Cc4ccc(F)cc4C3O2)CC1. The van der Waals surface area contributed by atoms with Gasteiger partial charge in [0.05, 0.1) is 18.8 Å². The normalized spacial score (nSPS) is 26.2. The lowest BCUT2D eigenvalue weighted by atomic mass is 9.87. The van der Waals surface area contributed by atoms with Gasteiger partial charge in [0.15, 0.2) is 0 Å². The molecule has 2 saturated heterocycles. The van der Waals surface area contributed by atoms with Gasteiger partial charge in [-0.25, -0.2) is 4.39 Å². The molecule has 3 aliphatic rings. The summed E-state index contributed by atoms with van der Waals surface area (Å²) in [6, 6.07) is 13.9. The van der Waals surface area contributed by atoms with Crippen molar-refractivity contribution in [3.63, 3.8) is 0 Å². The summed E-state index contributed by atoms with van der Waals surface area (Å²) in [7, 11) is 0. The first-order valence-corrected chi connectivity index (χ1v) is 11.8. The van der Waals surface area contributed by atoms with Gasteiger partial charge < -0.3 is 9.47 Å². The zero-order valence-corrected chi connectivity index (χ0v) is 18.4. The molecule has 4 nitrogen and oxygen atoms in total. The van der Waals surface area contributed by atoms with Crippen molar-refractivity contribution in [2.45, 2.75) is 37.9 Å². The second kappa shape index (κ2) is 9.37. The van der Waals surface area contributed by atoms with Gasteiger partial charge in [0.1, 0.15) is 5.82 Å². The van der Waals surface area contributed by atoms with E-state index in [0.29, 0.717) is 5.92 Å². The average molecular weight is 425 g/mol. The van der Waals surface area contributed by atoms with Crippen LogP contribution in [-0.4, -0.2) is 68.4 Å². The van der Waals surface area contributed by atoms with Gasteiger partial charge in [-0.3, -0.25) is 9.80 Å². The average Bonchev–Trinajstić information content (AvgIpc) is 3.15. The summed E-state index contributed by atoms with van der Waals surface area (Å²) in [4.78, 5) is 5.02. The van der Waals surface area contributed by atoms with Crippen molar-refractivity contribution in [2.75, 3.05) is 52.5 Å². The quantitative estimate of drug-likeness (QED) is 0.655. The summed E-state index contributed by atoms with van der Waals surface area (Å²) >= 11 is 0. The molecule has 0 aromatic heterocycles. The van der Waals surface area contributed by atoms with Crippen molar-refractivity contribution >= 4 is 0 Å². The zero-order chi connectivity index (χ0) is 21.2. The van der Waals surface area contributed by atoms with Crippen LogP contribution in [0.4, 0.5) is 4.39 Å². The predicted octanol–water partition coefficient (Wildman–Crippen LogP) is 4.00. The van der Waals surface area contributed by atoms with Crippen LogP contribution >= 0.6 is 0 Å². The minimum absolute atomic E-state index is 0.0492. The van der Waals surface area contributed by atoms with Crippen LogP contribution in [-0.2, 0) is 15.9 Å². The summed E-state index contributed by atoms with van der Waals surface area (Å²) in [6.07, 6.45) is 2.00. The Labute approximate surface area is 184 Å². The van der Waals surface area contributed by atoms with Gasteiger partial charge in [0.25, 0.3) is 0 Å². The van der Waals surface area contributed by atoms with Crippen LogP contribution in [0.3, 0.4) is 0 Å². The third kappa shape index (κ3) is 4.56. The van der Waals surface area contributed by atoms with Crippen LogP contribution in [0.1, 0.15) is 47.6 Å². The van der Waals surface area contributed by atoms with Crippen molar-refractivity contribution in [3.05, 3.63) is 70.5 Å². The van der Waals surface area contributed by atoms with Crippen LogP contribution in [0.25, 0.3) is 0 Å². The van der Waals surface area contributed by atoms with E-state index < -0.39 is 0 Å². The number of piperazine rings is 1. The molecule has 3 atom stereocenters. The molecule has 0 spiro atoms. The lowest BCUT2D eigenvalue weighted by molar-refractivity contribution is 0.00641. The molecule has 0 amide bonds. The molecular formula is C26H33FN2O2. The lowest BCUT2D eigenvalue weighted by Gasteiger charge is -2.35. The summed E-state index contributed by atoms with van der Waals surface area (Å²) in [5, 5.41) is 0. The fourth-order valence-electron chi connectivity index (χ4n) is 5.54. The van der Waals surface area contributed by atoms with E-state index in [1.54, 1.807) is 12.1 Å². The molecule has 166 valence electrons. The zero-order valence-electron chi connectivity index (χ0n) is 18.4. The summed E-state index contributed by atoms with van der Waals surface area (Å²) < 4.78 is 26.3. The second-order valence-electron chi connectivity index (χ2n) is 9.08. The van der Waals surface area contributed by atoms with Crippen molar-refractivity contribution in [2.24, 2.45) is 0 Å². The Balaban J connectivity index is 1.28. The van der Waals surface area contributed by atoms with E-state index in [9.17, 15) is 4.39 Å². The van der Waals surface area contributed by atoms with Gasteiger partial charge >= 0.3 is 0 Å². The van der Waals surface area contributed by atoms with Gasteiger partial charge in [-0.2, -0.15) is 0 Å². The minimum Gasteiger partial charge on any atom is -0.380 e. The summed E-state index contributed by atoms with van der Waals surface area (Å²) in [5.74, 6) is 0.135. The molecular weight excluding hydrogens is 391 g/mol. The smallest absolute Gasteiger partial charge is 0.123 e. The molecule has 0 bridgehead atoms. The second-order valence-corrected chi connectivity index (χ2v) is 9.08. The van der Waals surface area contributed by atoms with Gasteiger partial charge in [-0.15, -0.1) is 0 Å². The maximum absolute atomic E-state index is 14.2. The molecule has 2 aromatic rings. The first kappa shape index (κ1) is 21.1. The highest BCUT2D eigenvalue weighted by Gasteiger charge is 2.41. The maximum Gasteiger partial charge on any atom is 0.123 e. The Morgan fingerprint density at radius 3 is 2.61 bits per heavy atom. The number of nitrogens with zero attached hydrogens (tertiary/aromatic N) is 2. The van der Waals surface area contributed by atoms with Gasteiger partial charge in [0, 0.05) is 51.8 Å². The summed E-state index contributed by atoms with van der Waals surface area (Å²) in [6.45, 7) is 9.95. The third-order valence-electron chi connectivity index (χ3n) is 7.15. The van der Waals surface area contributed by atoms with E-state index >= 15 is 0 Å². The first-order valence-electron chi connectivity index (χ1n) is 11.8. The topological polar surface area (TPSA) is 24.9 Å². The van der Waals surface area contributed by atoms with E-state index in [2.05, 4.69) is 34.1 Å². The van der Waals surface area contributed by atoms with Gasteiger partial charge in [-0.05, 0) is 54.2 Å². The number of ether oxygens (including phenoxy) is 2. The van der Waals surface area contributed by atoms with Crippen LogP contribution in [0.15, 0.2) is 42.5 Å². The lowest BCUT2D eigenvalue weighted by Crippen LogP contribution is -2.49. The van der Waals surface area contributed by atoms with Crippen molar-refractivity contribution in [3.8, 4) is 0 Å². The standard InChI is InChI=1S/C26H33FN2O2/c1-2-30-14-13-28-9-11-29(12-10-28)18-22-17-25-23-6-4-3-5-19(23)15-20-7-8-21(27)16-24(20)26(25)31-22/h3-8,16,22,25-26H,2,9-15,17-18H2,1H3. The van der Waals surface area contributed by atoms with Crippen LogP contribution in [0.2, 0.25) is 0 Å². The van der Waals surface area contributed by atoms with Gasteiger partial charge in [0.2, 0.25) is 0 Å². The number of halogens is 1. The number of hydrogen-bond acceptors (Lipinski definition) is 4. The van der Waals surface area contributed by atoms with E-state index in [1.165, 1.54) is 16.7 Å². The molecule has 0 N–H and O–H groups in total. The maximum atomic E-state index is 14.2. The largest absolute Gasteiger partial charge is 0.380 e. The monoisotopic (exact) mass is 424 g/mol.